The Morgan fingerprint density at radius 3 is 2.52 bits per heavy atom. The first kappa shape index (κ1) is 15.0. The third-order valence-corrected chi connectivity index (χ3v) is 6.77. The summed E-state index contributed by atoms with van der Waals surface area (Å²) in [6.07, 6.45) is 0.734. The van der Waals surface area contributed by atoms with Crippen molar-refractivity contribution in [3.8, 4) is 0 Å². The maximum atomic E-state index is 11.8. The molecule has 1 saturated heterocycles. The van der Waals surface area contributed by atoms with Crippen LogP contribution in [0.5, 0.6) is 0 Å². The minimum absolute atomic E-state index is 0.0697. The average Bonchev–Trinajstić information content (AvgIpc) is 2.82. The minimum atomic E-state index is -2.87. The van der Waals surface area contributed by atoms with Gasteiger partial charge in [-0.05, 0) is 41.8 Å². The topological polar surface area (TPSA) is 46.2 Å². The number of benzene rings is 2. The van der Waals surface area contributed by atoms with Crippen molar-refractivity contribution in [2.75, 3.05) is 18.6 Å². The highest BCUT2D eigenvalue weighted by molar-refractivity contribution is 9.10. The molecule has 0 aliphatic carbocycles. The zero-order chi connectivity index (χ0) is 15.0. The lowest BCUT2D eigenvalue weighted by Gasteiger charge is -2.24. The summed E-state index contributed by atoms with van der Waals surface area (Å²) >= 11 is 3.59. The summed E-state index contributed by atoms with van der Waals surface area (Å²) in [4.78, 5) is 0. The van der Waals surface area contributed by atoms with Gasteiger partial charge in [-0.25, -0.2) is 8.42 Å². The van der Waals surface area contributed by atoms with Gasteiger partial charge in [0.05, 0.1) is 11.5 Å². The first-order valence-corrected chi connectivity index (χ1v) is 9.68. The van der Waals surface area contributed by atoms with Gasteiger partial charge in [0.2, 0.25) is 0 Å². The van der Waals surface area contributed by atoms with Crippen LogP contribution in [-0.2, 0) is 9.84 Å². The van der Waals surface area contributed by atoms with Crippen LogP contribution in [0, 0.1) is 5.92 Å². The van der Waals surface area contributed by atoms with Gasteiger partial charge in [0, 0.05) is 10.5 Å². The molecule has 0 spiro atoms. The Morgan fingerprint density at radius 1 is 1.19 bits per heavy atom. The van der Waals surface area contributed by atoms with Gasteiger partial charge in [-0.15, -0.1) is 0 Å². The first-order valence-electron chi connectivity index (χ1n) is 7.06. The highest BCUT2D eigenvalue weighted by Gasteiger charge is 2.34. The Balaban J connectivity index is 2.08. The van der Waals surface area contributed by atoms with Crippen LogP contribution in [-0.4, -0.2) is 27.0 Å². The number of sulfone groups is 1. The number of hydrogen-bond acceptors (Lipinski definition) is 3. The normalized spacial score (nSPS) is 22.5. The Bertz CT molecular complexity index is 773. The van der Waals surface area contributed by atoms with Crippen LogP contribution >= 0.6 is 15.9 Å². The molecule has 1 aliphatic heterocycles. The van der Waals surface area contributed by atoms with E-state index in [1.807, 2.05) is 25.2 Å². The van der Waals surface area contributed by atoms with Gasteiger partial charge < -0.3 is 5.32 Å². The van der Waals surface area contributed by atoms with E-state index in [4.69, 9.17) is 0 Å². The second-order valence-electron chi connectivity index (χ2n) is 5.61. The van der Waals surface area contributed by atoms with E-state index in [9.17, 15) is 8.42 Å². The molecule has 0 radical (unpaired) electrons. The number of rotatable bonds is 3. The highest BCUT2D eigenvalue weighted by atomic mass is 79.9. The van der Waals surface area contributed by atoms with Gasteiger partial charge >= 0.3 is 0 Å². The van der Waals surface area contributed by atoms with E-state index in [-0.39, 0.29) is 17.7 Å². The molecule has 1 aliphatic rings. The van der Waals surface area contributed by atoms with E-state index >= 15 is 0 Å². The van der Waals surface area contributed by atoms with Crippen LogP contribution in [0.4, 0.5) is 0 Å². The van der Waals surface area contributed by atoms with Gasteiger partial charge in [0.25, 0.3) is 0 Å². The lowest BCUT2D eigenvalue weighted by atomic mass is 9.89. The molecular weight excluding hydrogens is 350 g/mol. The first-order chi connectivity index (χ1) is 10.0. The minimum Gasteiger partial charge on any atom is -0.313 e. The van der Waals surface area contributed by atoms with Crippen molar-refractivity contribution >= 4 is 36.5 Å². The summed E-state index contributed by atoms with van der Waals surface area (Å²) in [5.74, 6) is 0.734. The summed E-state index contributed by atoms with van der Waals surface area (Å²) in [6.45, 7) is 0. The molecule has 0 saturated carbocycles. The standard InChI is InChI=1S/C16H18BrNO2S/c1-18-16(11-8-9-21(19,20)10-11)14-6-7-15(17)13-5-3-2-4-12(13)14/h2-7,11,16,18H,8-10H2,1H3. The van der Waals surface area contributed by atoms with Crippen LogP contribution in [0.3, 0.4) is 0 Å². The van der Waals surface area contributed by atoms with E-state index in [0.717, 1.165) is 16.3 Å². The van der Waals surface area contributed by atoms with Crippen molar-refractivity contribution in [3.05, 3.63) is 46.4 Å². The third kappa shape index (κ3) is 2.87. The fourth-order valence-electron chi connectivity index (χ4n) is 3.29. The van der Waals surface area contributed by atoms with Crippen LogP contribution in [0.1, 0.15) is 18.0 Å². The SMILES string of the molecule is CNC(c1ccc(Br)c2ccccc12)C1CCS(=O)(=O)C1. The number of halogens is 1. The van der Waals surface area contributed by atoms with Gasteiger partial charge in [0.1, 0.15) is 0 Å². The molecule has 0 aromatic heterocycles. The van der Waals surface area contributed by atoms with Crippen molar-refractivity contribution in [1.82, 2.24) is 5.32 Å². The van der Waals surface area contributed by atoms with Crippen molar-refractivity contribution in [2.24, 2.45) is 5.92 Å². The second kappa shape index (κ2) is 5.71. The molecule has 3 rings (SSSR count). The van der Waals surface area contributed by atoms with E-state index < -0.39 is 9.84 Å². The van der Waals surface area contributed by atoms with E-state index in [1.165, 1.54) is 10.9 Å². The number of hydrogen-bond donors (Lipinski definition) is 1. The molecule has 1 N–H and O–H groups in total. The summed E-state index contributed by atoms with van der Waals surface area (Å²) in [5.41, 5.74) is 1.18. The summed E-state index contributed by atoms with van der Waals surface area (Å²) in [7, 11) is -0.960. The van der Waals surface area contributed by atoms with E-state index in [1.54, 1.807) is 0 Å². The summed E-state index contributed by atoms with van der Waals surface area (Å²) in [5, 5.41) is 5.67. The Morgan fingerprint density at radius 2 is 1.90 bits per heavy atom. The fourth-order valence-corrected chi connectivity index (χ4v) is 5.61. The zero-order valence-corrected chi connectivity index (χ0v) is 14.2. The molecule has 2 aromatic rings. The number of fused-ring (bicyclic) bond motifs is 1. The molecule has 1 fully saturated rings. The van der Waals surface area contributed by atoms with Crippen molar-refractivity contribution in [3.63, 3.8) is 0 Å². The molecule has 5 heteroatoms. The molecule has 2 unspecified atom stereocenters. The van der Waals surface area contributed by atoms with Gasteiger partial charge in [-0.1, -0.05) is 46.3 Å². The molecule has 3 nitrogen and oxygen atoms in total. The largest absolute Gasteiger partial charge is 0.313 e. The highest BCUT2D eigenvalue weighted by Crippen LogP contribution is 2.36. The molecule has 1 heterocycles. The Labute approximate surface area is 133 Å². The molecule has 0 bridgehead atoms. The maximum Gasteiger partial charge on any atom is 0.150 e. The Hall–Kier alpha value is -0.910. The van der Waals surface area contributed by atoms with Crippen LogP contribution in [0.2, 0.25) is 0 Å². The van der Waals surface area contributed by atoms with Crippen molar-refractivity contribution < 1.29 is 8.42 Å². The van der Waals surface area contributed by atoms with Crippen molar-refractivity contribution in [1.29, 1.82) is 0 Å². The van der Waals surface area contributed by atoms with Gasteiger partial charge in [-0.2, -0.15) is 0 Å². The lowest BCUT2D eigenvalue weighted by molar-refractivity contribution is 0.421. The summed E-state index contributed by atoms with van der Waals surface area (Å²) < 4.78 is 24.6. The van der Waals surface area contributed by atoms with Gasteiger partial charge in [-0.3, -0.25) is 0 Å². The average molecular weight is 368 g/mol. The summed E-state index contributed by atoms with van der Waals surface area (Å²) in [6, 6.07) is 12.4. The molecule has 112 valence electrons. The quantitative estimate of drug-likeness (QED) is 0.904. The van der Waals surface area contributed by atoms with Crippen LogP contribution in [0.15, 0.2) is 40.9 Å². The lowest BCUT2D eigenvalue weighted by Crippen LogP contribution is -2.26. The fraction of sp³-hybridized carbons (Fsp3) is 0.375. The predicted octanol–water partition coefficient (Wildman–Crippen LogP) is 3.30. The number of nitrogens with one attached hydrogen (secondary N) is 1. The molecule has 0 amide bonds. The van der Waals surface area contributed by atoms with E-state index in [0.29, 0.717) is 5.75 Å². The molecule has 21 heavy (non-hydrogen) atoms. The van der Waals surface area contributed by atoms with E-state index in [2.05, 4.69) is 39.4 Å². The third-order valence-electron chi connectivity index (χ3n) is 4.29. The molecule has 2 atom stereocenters. The maximum absolute atomic E-state index is 11.8. The second-order valence-corrected chi connectivity index (χ2v) is 8.69. The van der Waals surface area contributed by atoms with Crippen LogP contribution < -0.4 is 5.32 Å². The zero-order valence-electron chi connectivity index (χ0n) is 11.8. The molecular formula is C16H18BrNO2S. The predicted molar refractivity (Wildman–Crippen MR) is 90.2 cm³/mol. The van der Waals surface area contributed by atoms with Gasteiger partial charge in [0.15, 0.2) is 9.84 Å². The molecule has 2 aromatic carbocycles. The Kier molecular flexibility index (Phi) is 4.08. The van der Waals surface area contributed by atoms with Crippen molar-refractivity contribution in [2.45, 2.75) is 12.5 Å². The monoisotopic (exact) mass is 367 g/mol. The smallest absolute Gasteiger partial charge is 0.150 e. The van der Waals surface area contributed by atoms with Crippen LogP contribution in [0.25, 0.3) is 10.8 Å².